The maximum Gasteiger partial charge on any atom is 0.339 e. The Bertz CT molecular complexity index is 622. The predicted molar refractivity (Wildman–Crippen MR) is 68.0 cm³/mol. The van der Waals surface area contributed by atoms with Crippen molar-refractivity contribution in [2.45, 2.75) is 20.0 Å². The minimum absolute atomic E-state index is 0.0681. The van der Waals surface area contributed by atoms with Gasteiger partial charge >= 0.3 is 5.97 Å². The van der Waals surface area contributed by atoms with Crippen molar-refractivity contribution >= 4 is 16.7 Å². The van der Waals surface area contributed by atoms with Crippen molar-refractivity contribution in [3.63, 3.8) is 0 Å². The molecule has 0 saturated heterocycles. The highest BCUT2D eigenvalue weighted by atomic mass is 19.1. The number of hydrogen-bond acceptors (Lipinski definition) is 4. The molecule has 0 bridgehead atoms. The summed E-state index contributed by atoms with van der Waals surface area (Å²) in [6.07, 6.45) is -0.0590. The molecular weight excluding hydrogens is 249 g/mol. The van der Waals surface area contributed by atoms with Gasteiger partial charge < -0.3 is 9.84 Å². The van der Waals surface area contributed by atoms with Crippen molar-refractivity contribution in [3.8, 4) is 0 Å². The van der Waals surface area contributed by atoms with Crippen LogP contribution in [-0.2, 0) is 9.53 Å². The fraction of sp³-hybridized carbons (Fsp3) is 0.286. The van der Waals surface area contributed by atoms with E-state index in [1.54, 1.807) is 32.2 Å². The second-order valence-corrected chi connectivity index (χ2v) is 4.16. The highest BCUT2D eigenvalue weighted by Crippen LogP contribution is 2.28. The summed E-state index contributed by atoms with van der Waals surface area (Å²) in [5.41, 5.74) is 0.608. The second kappa shape index (κ2) is 5.32. The lowest BCUT2D eigenvalue weighted by Crippen LogP contribution is -2.17. The first-order valence-electron chi connectivity index (χ1n) is 5.94. The zero-order chi connectivity index (χ0) is 14.0. The molecule has 0 aliphatic rings. The third-order valence-electron chi connectivity index (χ3n) is 2.81. The van der Waals surface area contributed by atoms with Crippen LogP contribution >= 0.6 is 0 Å². The summed E-state index contributed by atoms with van der Waals surface area (Å²) in [6, 6.07) is 4.39. The number of ether oxygens (including phenoxy) is 1. The maximum absolute atomic E-state index is 13.9. The molecule has 0 radical (unpaired) electrons. The summed E-state index contributed by atoms with van der Waals surface area (Å²) in [5, 5.41) is 11.1. The number of carbonyl (C=O) groups is 1. The van der Waals surface area contributed by atoms with Crippen LogP contribution in [0.25, 0.3) is 10.8 Å². The Balaban J connectivity index is 2.60. The number of pyridine rings is 1. The van der Waals surface area contributed by atoms with Gasteiger partial charge in [0.25, 0.3) is 0 Å². The van der Waals surface area contributed by atoms with Gasteiger partial charge in [0.05, 0.1) is 6.61 Å². The minimum Gasteiger partial charge on any atom is -0.464 e. The van der Waals surface area contributed by atoms with Crippen LogP contribution in [0.2, 0.25) is 0 Å². The molecule has 2 rings (SSSR count). The largest absolute Gasteiger partial charge is 0.464 e. The van der Waals surface area contributed by atoms with E-state index in [2.05, 4.69) is 4.98 Å². The average molecular weight is 263 g/mol. The van der Waals surface area contributed by atoms with Gasteiger partial charge in [0, 0.05) is 22.8 Å². The molecule has 1 heterocycles. The molecule has 0 saturated carbocycles. The van der Waals surface area contributed by atoms with Gasteiger partial charge in [-0.25, -0.2) is 9.18 Å². The number of hydrogen-bond donors (Lipinski definition) is 1. The van der Waals surface area contributed by atoms with Crippen LogP contribution < -0.4 is 0 Å². The van der Waals surface area contributed by atoms with E-state index in [9.17, 15) is 14.3 Å². The molecule has 1 atom stereocenters. The topological polar surface area (TPSA) is 59.4 Å². The highest BCUT2D eigenvalue weighted by Gasteiger charge is 2.24. The lowest BCUT2D eigenvalue weighted by atomic mass is 10.0. The minimum atomic E-state index is -1.63. The molecule has 19 heavy (non-hydrogen) atoms. The average Bonchev–Trinajstić information content (AvgIpc) is 2.38. The zero-order valence-electron chi connectivity index (χ0n) is 10.7. The third-order valence-corrected chi connectivity index (χ3v) is 2.81. The number of rotatable bonds is 3. The Hall–Kier alpha value is -2.01. The quantitative estimate of drug-likeness (QED) is 0.863. The van der Waals surface area contributed by atoms with Crippen LogP contribution in [-0.4, -0.2) is 22.7 Å². The first-order valence-corrected chi connectivity index (χ1v) is 5.94. The number of carbonyl (C=O) groups excluding carboxylic acids is 1. The number of esters is 1. The number of fused-ring (bicyclic) bond motifs is 1. The smallest absolute Gasteiger partial charge is 0.339 e. The van der Waals surface area contributed by atoms with Crippen LogP contribution in [0.5, 0.6) is 0 Å². The van der Waals surface area contributed by atoms with E-state index >= 15 is 0 Å². The molecule has 0 spiro atoms. The van der Waals surface area contributed by atoms with Crippen LogP contribution in [0.15, 0.2) is 24.4 Å². The predicted octanol–water partition coefficient (Wildman–Crippen LogP) is 2.28. The maximum atomic E-state index is 13.9. The van der Waals surface area contributed by atoms with Gasteiger partial charge in [-0.05, 0) is 37.4 Å². The van der Waals surface area contributed by atoms with Gasteiger partial charge in [0.2, 0.25) is 0 Å². The van der Waals surface area contributed by atoms with Crippen LogP contribution in [0, 0.1) is 12.7 Å². The first kappa shape index (κ1) is 13.4. The van der Waals surface area contributed by atoms with Crippen LogP contribution in [0.3, 0.4) is 0 Å². The molecule has 1 aromatic heterocycles. The lowest BCUT2D eigenvalue weighted by Gasteiger charge is -2.13. The third kappa shape index (κ3) is 2.56. The van der Waals surface area contributed by atoms with E-state index in [0.29, 0.717) is 16.5 Å². The lowest BCUT2D eigenvalue weighted by molar-refractivity contribution is -0.153. The molecular formula is C14H14FNO3. The molecule has 100 valence electrons. The Morgan fingerprint density at radius 1 is 1.53 bits per heavy atom. The van der Waals surface area contributed by atoms with Gasteiger partial charge in [-0.15, -0.1) is 0 Å². The zero-order valence-corrected chi connectivity index (χ0v) is 10.7. The number of aliphatic hydroxyl groups excluding tert-OH is 1. The summed E-state index contributed by atoms with van der Waals surface area (Å²) in [6.45, 7) is 3.51. The van der Waals surface area contributed by atoms with Crippen molar-refractivity contribution in [3.05, 3.63) is 41.5 Å². The molecule has 5 heteroatoms. The molecule has 1 unspecified atom stereocenters. The van der Waals surface area contributed by atoms with Crippen LogP contribution in [0.4, 0.5) is 4.39 Å². The van der Waals surface area contributed by atoms with E-state index in [1.165, 1.54) is 6.07 Å². The number of aryl methyl sites for hydroxylation is 1. The number of halogens is 1. The standard InChI is InChI=1S/C14H14FNO3/c1-3-19-14(18)13(17)12-10-6-8(2)16-7-9(10)4-5-11(12)15/h4-7,13,17H,3H2,1-2H3. The Morgan fingerprint density at radius 3 is 2.95 bits per heavy atom. The van der Waals surface area contributed by atoms with Crippen molar-refractivity contribution < 1.29 is 19.0 Å². The SMILES string of the molecule is CCOC(=O)C(O)c1c(F)ccc2cnc(C)cc12. The molecule has 1 aromatic carbocycles. The van der Waals surface area contributed by atoms with Gasteiger partial charge in [0.1, 0.15) is 5.82 Å². The summed E-state index contributed by atoms with van der Waals surface area (Å²) >= 11 is 0. The fourth-order valence-electron chi connectivity index (χ4n) is 1.93. The first-order chi connectivity index (χ1) is 9.04. The van der Waals surface area contributed by atoms with Gasteiger partial charge in [0.15, 0.2) is 6.10 Å². The summed E-state index contributed by atoms with van der Waals surface area (Å²) in [5.74, 6) is -1.50. The van der Waals surface area contributed by atoms with Crippen molar-refractivity contribution in [2.24, 2.45) is 0 Å². The molecule has 1 N–H and O–H groups in total. The fourth-order valence-corrected chi connectivity index (χ4v) is 1.93. The molecule has 2 aromatic rings. The molecule has 0 aliphatic carbocycles. The van der Waals surface area contributed by atoms with E-state index in [-0.39, 0.29) is 12.2 Å². The van der Waals surface area contributed by atoms with Crippen molar-refractivity contribution in [1.82, 2.24) is 4.98 Å². The summed E-state index contributed by atoms with van der Waals surface area (Å²) in [7, 11) is 0. The Morgan fingerprint density at radius 2 is 2.26 bits per heavy atom. The molecule has 0 fully saturated rings. The summed E-state index contributed by atoms with van der Waals surface area (Å²) < 4.78 is 18.6. The van der Waals surface area contributed by atoms with E-state index < -0.39 is 17.9 Å². The number of aliphatic hydroxyl groups is 1. The van der Waals surface area contributed by atoms with E-state index in [1.807, 2.05) is 0 Å². The van der Waals surface area contributed by atoms with Gasteiger partial charge in [-0.2, -0.15) is 0 Å². The Labute approximate surface area is 109 Å². The number of benzene rings is 1. The van der Waals surface area contributed by atoms with Crippen molar-refractivity contribution in [1.29, 1.82) is 0 Å². The monoisotopic (exact) mass is 263 g/mol. The van der Waals surface area contributed by atoms with E-state index in [4.69, 9.17) is 4.74 Å². The second-order valence-electron chi connectivity index (χ2n) is 4.16. The Kier molecular flexibility index (Phi) is 3.76. The number of nitrogens with zero attached hydrogens (tertiary/aromatic N) is 1. The van der Waals surface area contributed by atoms with Crippen LogP contribution in [0.1, 0.15) is 24.3 Å². The molecule has 0 aliphatic heterocycles. The van der Waals surface area contributed by atoms with Gasteiger partial charge in [-0.1, -0.05) is 0 Å². The summed E-state index contributed by atoms with van der Waals surface area (Å²) in [4.78, 5) is 15.7. The van der Waals surface area contributed by atoms with Crippen molar-refractivity contribution in [2.75, 3.05) is 6.61 Å². The number of aromatic nitrogens is 1. The molecule has 4 nitrogen and oxygen atoms in total. The van der Waals surface area contributed by atoms with E-state index in [0.717, 1.165) is 0 Å². The highest BCUT2D eigenvalue weighted by molar-refractivity contribution is 5.90. The normalized spacial score (nSPS) is 12.4. The molecule has 0 amide bonds. The van der Waals surface area contributed by atoms with Gasteiger partial charge in [-0.3, -0.25) is 4.98 Å².